The SMILES string of the molecule is C=CCOCc1cc(Br)ccc1Cl. The van der Waals surface area contributed by atoms with Gasteiger partial charge in [0.25, 0.3) is 0 Å². The molecule has 1 nitrogen and oxygen atoms in total. The van der Waals surface area contributed by atoms with Gasteiger partial charge in [0.05, 0.1) is 13.2 Å². The van der Waals surface area contributed by atoms with Gasteiger partial charge in [0.2, 0.25) is 0 Å². The Morgan fingerprint density at radius 3 is 3.00 bits per heavy atom. The fourth-order valence-corrected chi connectivity index (χ4v) is 1.49. The van der Waals surface area contributed by atoms with Gasteiger partial charge in [-0.25, -0.2) is 0 Å². The van der Waals surface area contributed by atoms with Crippen LogP contribution in [0.2, 0.25) is 5.02 Å². The van der Waals surface area contributed by atoms with Gasteiger partial charge in [0.1, 0.15) is 0 Å². The number of rotatable bonds is 4. The van der Waals surface area contributed by atoms with E-state index in [1.54, 1.807) is 6.08 Å². The topological polar surface area (TPSA) is 9.23 Å². The summed E-state index contributed by atoms with van der Waals surface area (Å²) in [7, 11) is 0. The standard InChI is InChI=1S/C10H10BrClO/c1-2-5-13-7-8-6-9(11)3-4-10(8)12/h2-4,6H,1,5,7H2. The highest BCUT2D eigenvalue weighted by Crippen LogP contribution is 2.21. The highest BCUT2D eigenvalue weighted by molar-refractivity contribution is 9.10. The van der Waals surface area contributed by atoms with E-state index in [-0.39, 0.29) is 0 Å². The van der Waals surface area contributed by atoms with Crippen LogP contribution < -0.4 is 0 Å². The van der Waals surface area contributed by atoms with E-state index in [4.69, 9.17) is 16.3 Å². The van der Waals surface area contributed by atoms with E-state index in [1.165, 1.54) is 0 Å². The van der Waals surface area contributed by atoms with Gasteiger partial charge in [0, 0.05) is 9.50 Å². The Balaban J connectivity index is 2.64. The van der Waals surface area contributed by atoms with E-state index >= 15 is 0 Å². The van der Waals surface area contributed by atoms with Crippen LogP contribution in [0.5, 0.6) is 0 Å². The first-order chi connectivity index (χ1) is 6.24. The summed E-state index contributed by atoms with van der Waals surface area (Å²) in [6, 6.07) is 5.70. The van der Waals surface area contributed by atoms with E-state index in [0.29, 0.717) is 13.2 Å². The van der Waals surface area contributed by atoms with Gasteiger partial charge in [-0.05, 0) is 23.8 Å². The Labute approximate surface area is 91.5 Å². The van der Waals surface area contributed by atoms with E-state index in [9.17, 15) is 0 Å². The molecule has 1 aromatic rings. The van der Waals surface area contributed by atoms with Crippen molar-refractivity contribution in [2.24, 2.45) is 0 Å². The molecule has 0 aliphatic heterocycles. The third kappa shape index (κ3) is 3.51. The minimum absolute atomic E-state index is 0.518. The lowest BCUT2D eigenvalue weighted by Crippen LogP contribution is -1.93. The van der Waals surface area contributed by atoms with Crippen LogP contribution in [0.4, 0.5) is 0 Å². The zero-order chi connectivity index (χ0) is 9.68. The van der Waals surface area contributed by atoms with Gasteiger partial charge in [0.15, 0.2) is 0 Å². The molecule has 0 amide bonds. The predicted octanol–water partition coefficient (Wildman–Crippen LogP) is 3.81. The van der Waals surface area contributed by atoms with Crippen molar-refractivity contribution in [2.45, 2.75) is 6.61 Å². The average molecular weight is 262 g/mol. The molecule has 0 radical (unpaired) electrons. The predicted molar refractivity (Wildman–Crippen MR) is 59.0 cm³/mol. The zero-order valence-corrected chi connectivity index (χ0v) is 9.44. The van der Waals surface area contributed by atoms with Crippen LogP contribution in [0.25, 0.3) is 0 Å². The van der Waals surface area contributed by atoms with Crippen LogP contribution in [0.3, 0.4) is 0 Å². The molecule has 0 aliphatic carbocycles. The van der Waals surface area contributed by atoms with Crippen LogP contribution in [0, 0.1) is 0 Å². The Hall–Kier alpha value is -0.310. The van der Waals surface area contributed by atoms with Gasteiger partial charge < -0.3 is 4.74 Å². The molecule has 0 unspecified atom stereocenters. The van der Waals surface area contributed by atoms with Crippen LogP contribution in [0.1, 0.15) is 5.56 Å². The molecule has 0 aliphatic rings. The third-order valence-electron chi connectivity index (χ3n) is 1.50. The maximum Gasteiger partial charge on any atom is 0.0736 e. The van der Waals surface area contributed by atoms with Crippen molar-refractivity contribution in [1.82, 2.24) is 0 Å². The quantitative estimate of drug-likeness (QED) is 0.592. The Bertz CT molecular complexity index is 299. The van der Waals surface area contributed by atoms with Crippen molar-refractivity contribution >= 4 is 27.5 Å². The normalized spacial score (nSPS) is 10.0. The second kappa shape index (κ2) is 5.43. The maximum absolute atomic E-state index is 5.95. The van der Waals surface area contributed by atoms with Gasteiger partial charge >= 0.3 is 0 Å². The summed E-state index contributed by atoms with van der Waals surface area (Å²) in [6.45, 7) is 4.63. The summed E-state index contributed by atoms with van der Waals surface area (Å²) in [5.74, 6) is 0. The van der Waals surface area contributed by atoms with Gasteiger partial charge in [-0.1, -0.05) is 33.6 Å². The lowest BCUT2D eigenvalue weighted by Gasteiger charge is -2.04. The highest BCUT2D eigenvalue weighted by atomic mass is 79.9. The van der Waals surface area contributed by atoms with E-state index in [2.05, 4.69) is 22.5 Å². The fraction of sp³-hybridized carbons (Fsp3) is 0.200. The second-order valence-corrected chi connectivity index (χ2v) is 3.86. The molecule has 0 heterocycles. The van der Waals surface area contributed by atoms with E-state index in [0.717, 1.165) is 15.1 Å². The molecule has 0 atom stereocenters. The van der Waals surface area contributed by atoms with Gasteiger partial charge in [-0.3, -0.25) is 0 Å². The van der Waals surface area contributed by atoms with Crippen molar-refractivity contribution in [3.8, 4) is 0 Å². The Morgan fingerprint density at radius 1 is 1.54 bits per heavy atom. The fourth-order valence-electron chi connectivity index (χ4n) is 0.906. The minimum Gasteiger partial charge on any atom is -0.373 e. The Kier molecular flexibility index (Phi) is 4.50. The van der Waals surface area contributed by atoms with Crippen LogP contribution >= 0.6 is 27.5 Å². The molecule has 0 saturated carbocycles. The summed E-state index contributed by atoms with van der Waals surface area (Å²) in [5.41, 5.74) is 0.984. The number of ether oxygens (including phenoxy) is 1. The van der Waals surface area contributed by atoms with Gasteiger partial charge in [-0.15, -0.1) is 6.58 Å². The minimum atomic E-state index is 0.518. The van der Waals surface area contributed by atoms with Crippen molar-refractivity contribution in [3.63, 3.8) is 0 Å². The van der Waals surface area contributed by atoms with Gasteiger partial charge in [-0.2, -0.15) is 0 Å². The van der Waals surface area contributed by atoms with Crippen molar-refractivity contribution in [1.29, 1.82) is 0 Å². The lowest BCUT2D eigenvalue weighted by atomic mass is 10.2. The molecular formula is C10H10BrClO. The molecule has 70 valence electrons. The number of benzene rings is 1. The lowest BCUT2D eigenvalue weighted by molar-refractivity contribution is 0.149. The molecular weight excluding hydrogens is 251 g/mol. The first kappa shape index (κ1) is 10.8. The smallest absolute Gasteiger partial charge is 0.0736 e. The number of hydrogen-bond acceptors (Lipinski definition) is 1. The molecule has 0 bridgehead atoms. The molecule has 0 spiro atoms. The molecule has 0 fully saturated rings. The summed E-state index contributed by atoms with van der Waals surface area (Å²) < 4.78 is 6.29. The summed E-state index contributed by atoms with van der Waals surface area (Å²) in [6.07, 6.45) is 1.71. The summed E-state index contributed by atoms with van der Waals surface area (Å²) >= 11 is 9.32. The maximum atomic E-state index is 5.95. The largest absolute Gasteiger partial charge is 0.373 e. The average Bonchev–Trinajstić information content (AvgIpc) is 2.11. The van der Waals surface area contributed by atoms with Crippen molar-refractivity contribution in [2.75, 3.05) is 6.61 Å². The third-order valence-corrected chi connectivity index (χ3v) is 2.36. The number of halogens is 2. The first-order valence-electron chi connectivity index (χ1n) is 3.86. The van der Waals surface area contributed by atoms with Crippen LogP contribution in [-0.4, -0.2) is 6.61 Å². The monoisotopic (exact) mass is 260 g/mol. The highest BCUT2D eigenvalue weighted by Gasteiger charge is 2.00. The first-order valence-corrected chi connectivity index (χ1v) is 5.03. The molecule has 0 aromatic heterocycles. The second-order valence-electron chi connectivity index (χ2n) is 2.54. The van der Waals surface area contributed by atoms with Crippen LogP contribution in [-0.2, 0) is 11.3 Å². The molecule has 1 aromatic carbocycles. The number of hydrogen-bond donors (Lipinski definition) is 0. The van der Waals surface area contributed by atoms with Crippen molar-refractivity contribution < 1.29 is 4.74 Å². The van der Waals surface area contributed by atoms with E-state index in [1.807, 2.05) is 18.2 Å². The summed E-state index contributed by atoms with van der Waals surface area (Å²) in [4.78, 5) is 0. The summed E-state index contributed by atoms with van der Waals surface area (Å²) in [5, 5.41) is 0.729. The molecule has 3 heteroatoms. The molecule has 0 N–H and O–H groups in total. The van der Waals surface area contributed by atoms with Crippen LogP contribution in [0.15, 0.2) is 35.3 Å². The molecule has 13 heavy (non-hydrogen) atoms. The van der Waals surface area contributed by atoms with Crippen molar-refractivity contribution in [3.05, 3.63) is 45.9 Å². The molecule has 1 rings (SSSR count). The zero-order valence-electron chi connectivity index (χ0n) is 7.09. The van der Waals surface area contributed by atoms with E-state index < -0.39 is 0 Å². The Morgan fingerprint density at radius 2 is 2.31 bits per heavy atom. The molecule has 0 saturated heterocycles.